The molecule has 0 spiro atoms. The molecular formula is C48H64N2O7. The second kappa shape index (κ2) is 21.5. The van der Waals surface area contributed by atoms with E-state index in [0.29, 0.717) is 25.1 Å². The largest absolute Gasteiger partial charge is 0.508 e. The molecule has 2 heterocycles. The standard InChI is InChI=1S/C24H31NO3.C19H23NO3.C5H10O/c1-2-27-24(26)19-11-13-25(14-12-19)17-18-7-8-21-16-23(10-9-20(21)15-18)28-22-5-3-4-6-22;1-2-23-19(22)15-7-9-20(10-8-15)13-14-3-4-17-12-18(21)6-5-16(17)11-14;6-5-3-1-2-4-5/h7-10,15-16,19,22H,2-6,11-14,17H2,1H3;3-6,11-12,15,21H,2,7-10,13H2,1H3;5-6H,1-4H2. The molecule has 308 valence electrons. The van der Waals surface area contributed by atoms with E-state index >= 15 is 0 Å². The number of likely N-dealkylation sites (tertiary alicyclic amines) is 2. The molecule has 8 rings (SSSR count). The van der Waals surface area contributed by atoms with E-state index in [1.807, 2.05) is 19.9 Å². The summed E-state index contributed by atoms with van der Waals surface area (Å²) >= 11 is 0. The molecule has 4 aromatic rings. The van der Waals surface area contributed by atoms with Gasteiger partial charge in [0.15, 0.2) is 0 Å². The first kappa shape index (κ1) is 42.4. The highest BCUT2D eigenvalue weighted by molar-refractivity contribution is 5.85. The summed E-state index contributed by atoms with van der Waals surface area (Å²) in [6, 6.07) is 24.9. The normalized spacial score (nSPS) is 18.8. The van der Waals surface area contributed by atoms with Crippen LogP contribution in [0.3, 0.4) is 0 Å². The zero-order valence-corrected chi connectivity index (χ0v) is 34.2. The molecule has 9 heteroatoms. The maximum atomic E-state index is 11.9. The molecular weight excluding hydrogens is 717 g/mol. The van der Waals surface area contributed by atoms with E-state index < -0.39 is 0 Å². The monoisotopic (exact) mass is 780 g/mol. The van der Waals surface area contributed by atoms with Gasteiger partial charge in [0.05, 0.1) is 37.3 Å². The number of rotatable bonds is 10. The quantitative estimate of drug-likeness (QED) is 0.152. The predicted octanol–water partition coefficient (Wildman–Crippen LogP) is 9.18. The number of ether oxygens (including phenoxy) is 3. The third-order valence-corrected chi connectivity index (χ3v) is 11.9. The Bertz CT molecular complexity index is 1870. The van der Waals surface area contributed by atoms with Crippen molar-refractivity contribution in [3.8, 4) is 11.5 Å². The summed E-state index contributed by atoms with van der Waals surface area (Å²) in [5.41, 5.74) is 2.59. The molecule has 2 saturated carbocycles. The van der Waals surface area contributed by atoms with Crippen molar-refractivity contribution in [2.75, 3.05) is 39.4 Å². The van der Waals surface area contributed by atoms with Gasteiger partial charge in [0.1, 0.15) is 11.5 Å². The number of phenols is 1. The number of piperidine rings is 2. The average Bonchev–Trinajstić information content (AvgIpc) is 3.93. The number of aliphatic hydroxyl groups is 1. The molecule has 0 radical (unpaired) electrons. The summed E-state index contributed by atoms with van der Waals surface area (Å²) in [5, 5.41) is 22.9. The highest BCUT2D eigenvalue weighted by Gasteiger charge is 2.27. The number of carbonyl (C=O) groups excluding carboxylic acids is 2. The van der Waals surface area contributed by atoms with Crippen LogP contribution in [0.15, 0.2) is 72.8 Å². The summed E-state index contributed by atoms with van der Waals surface area (Å²) in [7, 11) is 0. The molecule has 4 aliphatic rings. The third kappa shape index (κ3) is 12.9. The molecule has 2 aliphatic heterocycles. The second-order valence-electron chi connectivity index (χ2n) is 16.3. The van der Waals surface area contributed by atoms with Crippen molar-refractivity contribution in [3.05, 3.63) is 83.9 Å². The Balaban J connectivity index is 0.000000170. The SMILES string of the molecule is CCOC(=O)C1CCN(Cc2ccc3cc(O)ccc3c2)CC1.CCOC(=O)C1CCN(Cc2ccc3cc(OC4CCCC4)ccc3c2)CC1.OC1CCCC1. The van der Waals surface area contributed by atoms with Crippen LogP contribution in [0.2, 0.25) is 0 Å². The number of aromatic hydroxyl groups is 1. The molecule has 2 N–H and O–H groups in total. The Morgan fingerprint density at radius 3 is 1.49 bits per heavy atom. The van der Waals surface area contributed by atoms with Crippen molar-refractivity contribution in [1.29, 1.82) is 0 Å². The van der Waals surface area contributed by atoms with Crippen molar-refractivity contribution in [2.24, 2.45) is 11.8 Å². The second-order valence-corrected chi connectivity index (χ2v) is 16.3. The third-order valence-electron chi connectivity index (χ3n) is 11.9. The zero-order valence-electron chi connectivity index (χ0n) is 34.2. The van der Waals surface area contributed by atoms with E-state index in [0.717, 1.165) is 94.3 Å². The minimum absolute atomic E-state index is 0.0246. The van der Waals surface area contributed by atoms with E-state index in [4.69, 9.17) is 19.3 Å². The van der Waals surface area contributed by atoms with E-state index in [1.54, 1.807) is 12.1 Å². The Morgan fingerprint density at radius 2 is 1.02 bits per heavy atom. The van der Waals surface area contributed by atoms with Gasteiger partial charge in [-0.1, -0.05) is 49.2 Å². The van der Waals surface area contributed by atoms with Crippen LogP contribution < -0.4 is 4.74 Å². The summed E-state index contributed by atoms with van der Waals surface area (Å²) in [6.07, 6.45) is 13.5. The first-order valence-corrected chi connectivity index (χ1v) is 21.6. The van der Waals surface area contributed by atoms with E-state index in [1.165, 1.54) is 60.4 Å². The Kier molecular flexibility index (Phi) is 16.0. The van der Waals surface area contributed by atoms with E-state index in [2.05, 4.69) is 64.4 Å². The smallest absolute Gasteiger partial charge is 0.309 e. The van der Waals surface area contributed by atoms with Crippen molar-refractivity contribution < 1.29 is 34.0 Å². The molecule has 2 aliphatic carbocycles. The lowest BCUT2D eigenvalue weighted by atomic mass is 9.96. The predicted molar refractivity (Wildman–Crippen MR) is 226 cm³/mol. The van der Waals surface area contributed by atoms with Crippen LogP contribution in [-0.4, -0.2) is 83.6 Å². The maximum absolute atomic E-state index is 11.9. The topological polar surface area (TPSA) is 109 Å². The zero-order chi connectivity index (χ0) is 40.0. The van der Waals surface area contributed by atoms with Gasteiger partial charge in [-0.3, -0.25) is 19.4 Å². The summed E-state index contributed by atoms with van der Waals surface area (Å²) < 4.78 is 16.4. The molecule has 0 atom stereocenters. The van der Waals surface area contributed by atoms with Gasteiger partial charge >= 0.3 is 11.9 Å². The number of aliphatic hydroxyl groups excluding tert-OH is 1. The number of nitrogens with zero attached hydrogens (tertiary/aromatic N) is 2. The fourth-order valence-electron chi connectivity index (χ4n) is 8.62. The van der Waals surface area contributed by atoms with E-state index in [9.17, 15) is 14.7 Å². The summed E-state index contributed by atoms with van der Waals surface area (Å²) in [4.78, 5) is 28.5. The molecule has 0 bridgehead atoms. The van der Waals surface area contributed by atoms with Crippen LogP contribution in [0.4, 0.5) is 0 Å². The van der Waals surface area contributed by atoms with Gasteiger partial charge in [-0.05, 0) is 173 Å². The van der Waals surface area contributed by atoms with Crippen LogP contribution >= 0.6 is 0 Å². The Hall–Kier alpha value is -4.18. The van der Waals surface area contributed by atoms with Gasteiger partial charge in [0, 0.05) is 13.1 Å². The number of benzene rings is 4. The molecule has 57 heavy (non-hydrogen) atoms. The van der Waals surface area contributed by atoms with Crippen molar-refractivity contribution in [1.82, 2.24) is 9.80 Å². The Labute approximate surface area is 339 Å². The number of fused-ring (bicyclic) bond motifs is 2. The van der Waals surface area contributed by atoms with Crippen LogP contribution in [-0.2, 0) is 32.2 Å². The number of esters is 2. The minimum Gasteiger partial charge on any atom is -0.508 e. The number of hydrogen-bond donors (Lipinski definition) is 2. The van der Waals surface area contributed by atoms with Gasteiger partial charge in [-0.15, -0.1) is 0 Å². The minimum atomic E-state index is -0.0438. The lowest BCUT2D eigenvalue weighted by Crippen LogP contribution is -2.36. The maximum Gasteiger partial charge on any atom is 0.309 e. The number of hydrogen-bond acceptors (Lipinski definition) is 9. The van der Waals surface area contributed by atoms with Crippen LogP contribution in [0.1, 0.15) is 102 Å². The summed E-state index contributed by atoms with van der Waals surface area (Å²) in [5.74, 6) is 1.36. The van der Waals surface area contributed by atoms with Gasteiger partial charge in [-0.25, -0.2) is 0 Å². The average molecular weight is 781 g/mol. The molecule has 4 aromatic carbocycles. The fraction of sp³-hybridized carbons (Fsp3) is 0.542. The van der Waals surface area contributed by atoms with Gasteiger partial charge in [0.2, 0.25) is 0 Å². The first-order chi connectivity index (χ1) is 27.8. The highest BCUT2D eigenvalue weighted by atomic mass is 16.5. The van der Waals surface area contributed by atoms with Crippen molar-refractivity contribution in [2.45, 2.75) is 116 Å². The molecule has 9 nitrogen and oxygen atoms in total. The number of carbonyl (C=O) groups is 2. The lowest BCUT2D eigenvalue weighted by molar-refractivity contribution is -0.150. The van der Waals surface area contributed by atoms with Crippen LogP contribution in [0, 0.1) is 11.8 Å². The van der Waals surface area contributed by atoms with Gasteiger partial charge in [-0.2, -0.15) is 0 Å². The molecule has 0 amide bonds. The van der Waals surface area contributed by atoms with Crippen molar-refractivity contribution >= 4 is 33.5 Å². The van der Waals surface area contributed by atoms with E-state index in [-0.39, 0.29) is 29.9 Å². The lowest BCUT2D eigenvalue weighted by Gasteiger charge is -2.30. The molecule has 0 unspecified atom stereocenters. The van der Waals surface area contributed by atoms with Crippen molar-refractivity contribution in [3.63, 3.8) is 0 Å². The first-order valence-electron chi connectivity index (χ1n) is 21.6. The molecule has 0 aromatic heterocycles. The van der Waals surface area contributed by atoms with Crippen LogP contribution in [0.25, 0.3) is 21.5 Å². The van der Waals surface area contributed by atoms with Gasteiger partial charge in [0.25, 0.3) is 0 Å². The molecule has 4 fully saturated rings. The Morgan fingerprint density at radius 1 is 0.579 bits per heavy atom. The highest BCUT2D eigenvalue weighted by Crippen LogP contribution is 2.29. The summed E-state index contributed by atoms with van der Waals surface area (Å²) in [6.45, 7) is 10.3. The number of phenolic OH excluding ortho intramolecular Hbond substituents is 1. The molecule has 2 saturated heterocycles. The van der Waals surface area contributed by atoms with Gasteiger partial charge < -0.3 is 24.4 Å². The van der Waals surface area contributed by atoms with Crippen LogP contribution in [0.5, 0.6) is 11.5 Å². The fourth-order valence-corrected chi connectivity index (χ4v) is 8.62.